The molecule has 0 amide bonds. The number of carbonyl (C=O) groups is 2. The van der Waals surface area contributed by atoms with E-state index in [9.17, 15) is 9.59 Å². The topological polar surface area (TPSA) is 59.9 Å². The normalized spacial score (nSPS) is 13.3. The Labute approximate surface area is 150 Å². The number of nitrogens with zero attached hydrogens (tertiary/aromatic N) is 2. The number of allylic oxidation sites excluding steroid dienone is 2. The highest BCUT2D eigenvalue weighted by Crippen LogP contribution is 2.47. The SMILES string of the molecule is C=CC1=C(SC=O)c2sc(-c3ccc(C=O)c4nsnc34)cc2C1. The van der Waals surface area contributed by atoms with Crippen LogP contribution in [-0.2, 0) is 11.2 Å². The minimum Gasteiger partial charge on any atom is -0.298 e. The molecule has 0 fully saturated rings. The van der Waals surface area contributed by atoms with Crippen molar-refractivity contribution >= 4 is 62.7 Å². The Kier molecular flexibility index (Phi) is 3.91. The Hall–Kier alpha value is -2.09. The average molecular weight is 370 g/mol. The first-order valence-corrected chi connectivity index (χ1v) is 9.49. The smallest absolute Gasteiger partial charge is 0.181 e. The first-order valence-electron chi connectivity index (χ1n) is 7.06. The number of carbonyl (C=O) groups excluding carboxylic acids is 2. The predicted molar refractivity (Wildman–Crippen MR) is 101 cm³/mol. The zero-order valence-electron chi connectivity index (χ0n) is 12.3. The van der Waals surface area contributed by atoms with Gasteiger partial charge in [0.15, 0.2) is 11.9 Å². The highest BCUT2D eigenvalue weighted by Gasteiger charge is 2.25. The van der Waals surface area contributed by atoms with E-state index < -0.39 is 0 Å². The number of aldehydes is 1. The summed E-state index contributed by atoms with van der Waals surface area (Å²) in [5.74, 6) is 0. The Morgan fingerprint density at radius 2 is 2.04 bits per heavy atom. The maximum Gasteiger partial charge on any atom is 0.181 e. The van der Waals surface area contributed by atoms with E-state index in [1.807, 2.05) is 12.1 Å². The van der Waals surface area contributed by atoms with Crippen LogP contribution >= 0.6 is 34.8 Å². The lowest BCUT2D eigenvalue weighted by Gasteiger charge is -2.02. The zero-order chi connectivity index (χ0) is 16.7. The molecule has 2 aromatic heterocycles. The molecule has 7 heteroatoms. The van der Waals surface area contributed by atoms with Gasteiger partial charge in [0.2, 0.25) is 0 Å². The standard InChI is InChI=1S/C17H10N2O2S3/c1-2-9-5-11-6-13(23-17(11)16(9)22-8-21)12-4-3-10(7-20)14-15(12)19-24-18-14/h2-4,6-8H,1,5H2. The number of aromatic nitrogens is 2. The molecular weight excluding hydrogens is 360 g/mol. The van der Waals surface area contributed by atoms with E-state index in [4.69, 9.17) is 0 Å². The quantitative estimate of drug-likeness (QED) is 0.614. The molecule has 4 nitrogen and oxygen atoms in total. The summed E-state index contributed by atoms with van der Waals surface area (Å²) in [6.07, 6.45) is 3.41. The number of hydrogen-bond donors (Lipinski definition) is 0. The summed E-state index contributed by atoms with van der Waals surface area (Å²) in [6.45, 7) is 3.84. The van der Waals surface area contributed by atoms with E-state index >= 15 is 0 Å². The van der Waals surface area contributed by atoms with Crippen LogP contribution in [0.3, 0.4) is 0 Å². The molecule has 0 spiro atoms. The maximum atomic E-state index is 11.2. The maximum absolute atomic E-state index is 11.2. The Balaban J connectivity index is 1.87. The van der Waals surface area contributed by atoms with Gasteiger partial charge in [-0.3, -0.25) is 9.59 Å². The van der Waals surface area contributed by atoms with Crippen LogP contribution in [0.4, 0.5) is 0 Å². The zero-order valence-corrected chi connectivity index (χ0v) is 14.8. The fourth-order valence-electron chi connectivity index (χ4n) is 2.84. The highest BCUT2D eigenvalue weighted by molar-refractivity contribution is 8.20. The lowest BCUT2D eigenvalue weighted by atomic mass is 10.1. The molecule has 0 aliphatic heterocycles. The van der Waals surface area contributed by atoms with Gasteiger partial charge in [0.05, 0.1) is 11.7 Å². The van der Waals surface area contributed by atoms with Crippen molar-refractivity contribution < 1.29 is 9.59 Å². The van der Waals surface area contributed by atoms with Crippen LogP contribution in [0.5, 0.6) is 0 Å². The highest BCUT2D eigenvalue weighted by atomic mass is 32.2. The third-order valence-corrected chi connectivity index (χ3v) is 6.62. The third kappa shape index (κ3) is 2.28. The largest absolute Gasteiger partial charge is 0.298 e. The molecule has 0 saturated carbocycles. The van der Waals surface area contributed by atoms with Crippen LogP contribution in [0.1, 0.15) is 20.8 Å². The Morgan fingerprint density at radius 3 is 2.79 bits per heavy atom. The molecule has 1 aliphatic rings. The van der Waals surface area contributed by atoms with E-state index in [-0.39, 0.29) is 0 Å². The molecule has 0 bridgehead atoms. The van der Waals surface area contributed by atoms with Crippen LogP contribution in [0, 0.1) is 0 Å². The van der Waals surface area contributed by atoms with Crippen molar-refractivity contribution in [3.05, 3.63) is 52.4 Å². The van der Waals surface area contributed by atoms with Crippen molar-refractivity contribution in [3.63, 3.8) is 0 Å². The predicted octanol–water partition coefficient (Wildman–Crippen LogP) is 4.61. The molecule has 0 unspecified atom stereocenters. The Bertz CT molecular complexity index is 1030. The summed E-state index contributed by atoms with van der Waals surface area (Å²) >= 11 is 3.94. The van der Waals surface area contributed by atoms with E-state index in [2.05, 4.69) is 21.4 Å². The average Bonchev–Trinajstić information content (AvgIpc) is 3.29. The van der Waals surface area contributed by atoms with Crippen LogP contribution in [0.15, 0.2) is 36.4 Å². The van der Waals surface area contributed by atoms with Crippen molar-refractivity contribution in [2.75, 3.05) is 0 Å². The molecule has 2 heterocycles. The van der Waals surface area contributed by atoms with Crippen LogP contribution in [0.2, 0.25) is 0 Å². The minimum atomic E-state index is 0.553. The second kappa shape index (κ2) is 6.08. The van der Waals surface area contributed by atoms with Gasteiger partial charge < -0.3 is 0 Å². The van der Waals surface area contributed by atoms with Crippen LogP contribution in [0.25, 0.3) is 26.4 Å². The summed E-state index contributed by atoms with van der Waals surface area (Å²) < 4.78 is 8.60. The lowest BCUT2D eigenvalue weighted by molar-refractivity contribution is 0.112. The summed E-state index contributed by atoms with van der Waals surface area (Å²) in [4.78, 5) is 25.3. The second-order valence-corrected chi connectivity index (χ2v) is 7.61. The molecule has 0 radical (unpaired) electrons. The van der Waals surface area contributed by atoms with Gasteiger partial charge in [0.1, 0.15) is 11.0 Å². The number of benzene rings is 1. The van der Waals surface area contributed by atoms with Gasteiger partial charge in [-0.15, -0.1) is 11.3 Å². The number of hydrogen-bond acceptors (Lipinski definition) is 7. The van der Waals surface area contributed by atoms with E-state index in [1.165, 1.54) is 17.3 Å². The van der Waals surface area contributed by atoms with Crippen molar-refractivity contribution in [2.45, 2.75) is 6.42 Å². The number of rotatable bonds is 5. The third-order valence-electron chi connectivity index (χ3n) is 3.94. The van der Waals surface area contributed by atoms with Gasteiger partial charge >= 0.3 is 0 Å². The van der Waals surface area contributed by atoms with Crippen LogP contribution in [-0.4, -0.2) is 20.7 Å². The van der Waals surface area contributed by atoms with Crippen LogP contribution < -0.4 is 0 Å². The van der Waals surface area contributed by atoms with E-state index in [0.29, 0.717) is 11.1 Å². The van der Waals surface area contributed by atoms with Gasteiger partial charge in [-0.25, -0.2) is 0 Å². The van der Waals surface area contributed by atoms with Gasteiger partial charge in [0, 0.05) is 32.2 Å². The number of thioether (sulfide) groups is 1. The van der Waals surface area contributed by atoms with E-state index in [1.54, 1.807) is 17.4 Å². The molecular formula is C17H10N2O2S3. The molecule has 4 rings (SSSR count). The number of thiophene rings is 1. The molecule has 0 saturated heterocycles. The summed E-state index contributed by atoms with van der Waals surface area (Å²) in [5.41, 5.74) is 6.07. The fraction of sp³-hybridized carbons (Fsp3) is 0.0588. The molecule has 118 valence electrons. The van der Waals surface area contributed by atoms with Gasteiger partial charge in [-0.1, -0.05) is 30.5 Å². The van der Waals surface area contributed by atoms with E-state index in [0.717, 1.165) is 61.4 Å². The monoisotopic (exact) mass is 370 g/mol. The molecule has 0 N–H and O–H groups in total. The van der Waals surface area contributed by atoms with Crippen molar-refractivity contribution in [3.8, 4) is 10.4 Å². The molecule has 3 aromatic rings. The first-order chi connectivity index (χ1) is 11.8. The van der Waals surface area contributed by atoms with Crippen molar-refractivity contribution in [2.24, 2.45) is 0 Å². The first kappa shape index (κ1) is 15.4. The minimum absolute atomic E-state index is 0.553. The molecule has 24 heavy (non-hydrogen) atoms. The molecule has 1 aliphatic carbocycles. The molecule has 1 aromatic carbocycles. The summed E-state index contributed by atoms with van der Waals surface area (Å²) in [5, 5.41) is 0. The second-order valence-electron chi connectivity index (χ2n) is 5.20. The number of fused-ring (bicyclic) bond motifs is 2. The van der Waals surface area contributed by atoms with Crippen molar-refractivity contribution in [1.82, 2.24) is 8.75 Å². The van der Waals surface area contributed by atoms with Crippen molar-refractivity contribution in [1.29, 1.82) is 0 Å². The fourth-order valence-corrected chi connectivity index (χ4v) is 5.51. The van der Waals surface area contributed by atoms with Gasteiger partial charge in [-0.05, 0) is 23.3 Å². The molecule has 0 atom stereocenters. The van der Waals surface area contributed by atoms with Gasteiger partial charge in [0.25, 0.3) is 0 Å². The summed E-state index contributed by atoms with van der Waals surface area (Å²) in [6, 6.07) is 5.83. The lowest BCUT2D eigenvalue weighted by Crippen LogP contribution is -1.85. The van der Waals surface area contributed by atoms with Gasteiger partial charge in [-0.2, -0.15) is 8.75 Å². The Morgan fingerprint density at radius 1 is 1.21 bits per heavy atom. The summed E-state index contributed by atoms with van der Waals surface area (Å²) in [7, 11) is 0.